The summed E-state index contributed by atoms with van der Waals surface area (Å²) in [5.41, 5.74) is -4.16. The summed E-state index contributed by atoms with van der Waals surface area (Å²) in [6.45, 7) is 1.02. The number of rotatable bonds is 5. The highest BCUT2D eigenvalue weighted by Crippen LogP contribution is 2.40. The number of halogens is 3. The quantitative estimate of drug-likeness (QED) is 0.800. The summed E-state index contributed by atoms with van der Waals surface area (Å²) in [6.07, 6.45) is -5.26. The second-order valence-electron chi connectivity index (χ2n) is 5.32. The molecule has 5 nitrogen and oxygen atoms in total. The maximum atomic E-state index is 13.3. The SMILES string of the molecule is CCOC(=O)[C@](O)(c1ccc(N(C)C(=O)c2cccs2)cc1)C(F)(F)F. The van der Waals surface area contributed by atoms with E-state index in [2.05, 4.69) is 4.74 Å². The minimum absolute atomic E-state index is 0.306. The minimum atomic E-state index is -5.26. The Morgan fingerprint density at radius 3 is 2.27 bits per heavy atom. The zero-order chi connectivity index (χ0) is 19.5. The normalized spacial score (nSPS) is 13.8. The van der Waals surface area contributed by atoms with Crippen LogP contribution in [-0.4, -0.2) is 36.8 Å². The van der Waals surface area contributed by atoms with Gasteiger partial charge in [-0.15, -0.1) is 11.3 Å². The molecule has 0 aliphatic rings. The van der Waals surface area contributed by atoms with Crippen molar-refractivity contribution < 1.29 is 32.6 Å². The number of ether oxygens (including phenoxy) is 1. The summed E-state index contributed by atoms with van der Waals surface area (Å²) in [5.74, 6) is -2.13. The van der Waals surface area contributed by atoms with Crippen LogP contribution in [0.3, 0.4) is 0 Å². The first-order valence-corrected chi connectivity index (χ1v) is 8.39. The molecule has 1 aromatic heterocycles. The molecule has 1 heterocycles. The number of esters is 1. The van der Waals surface area contributed by atoms with Gasteiger partial charge in [0.1, 0.15) is 0 Å². The minimum Gasteiger partial charge on any atom is -0.463 e. The number of carbonyl (C=O) groups excluding carboxylic acids is 2. The third-order valence-corrected chi connectivity index (χ3v) is 4.55. The zero-order valence-corrected chi connectivity index (χ0v) is 14.7. The fourth-order valence-electron chi connectivity index (χ4n) is 2.24. The lowest BCUT2D eigenvalue weighted by Crippen LogP contribution is -2.50. The van der Waals surface area contributed by atoms with Crippen molar-refractivity contribution in [3.05, 3.63) is 52.2 Å². The van der Waals surface area contributed by atoms with Gasteiger partial charge in [0.2, 0.25) is 0 Å². The van der Waals surface area contributed by atoms with E-state index in [1.54, 1.807) is 17.5 Å². The summed E-state index contributed by atoms with van der Waals surface area (Å²) in [6, 6.07) is 7.65. The van der Waals surface area contributed by atoms with Crippen LogP contribution in [0.25, 0.3) is 0 Å². The van der Waals surface area contributed by atoms with Crippen molar-refractivity contribution in [2.24, 2.45) is 0 Å². The number of anilines is 1. The lowest BCUT2D eigenvalue weighted by molar-refractivity contribution is -0.267. The Labute approximate surface area is 151 Å². The molecule has 0 spiro atoms. The van der Waals surface area contributed by atoms with Gasteiger partial charge < -0.3 is 14.7 Å². The summed E-state index contributed by atoms with van der Waals surface area (Å²) in [4.78, 5) is 25.7. The van der Waals surface area contributed by atoms with Crippen molar-refractivity contribution in [2.45, 2.75) is 18.7 Å². The summed E-state index contributed by atoms with van der Waals surface area (Å²) in [7, 11) is 1.47. The van der Waals surface area contributed by atoms with Gasteiger partial charge in [-0.1, -0.05) is 18.2 Å². The lowest BCUT2D eigenvalue weighted by atomic mass is 9.93. The van der Waals surface area contributed by atoms with E-state index in [-0.39, 0.29) is 12.5 Å². The van der Waals surface area contributed by atoms with Gasteiger partial charge in [0.15, 0.2) is 0 Å². The van der Waals surface area contributed by atoms with Gasteiger partial charge in [-0.2, -0.15) is 13.2 Å². The van der Waals surface area contributed by atoms with E-state index >= 15 is 0 Å². The van der Waals surface area contributed by atoms with Crippen LogP contribution in [0.4, 0.5) is 18.9 Å². The highest BCUT2D eigenvalue weighted by molar-refractivity contribution is 7.12. The average Bonchev–Trinajstić information content (AvgIpc) is 3.13. The van der Waals surface area contributed by atoms with Crippen molar-refractivity contribution in [3.63, 3.8) is 0 Å². The molecule has 1 atom stereocenters. The molecule has 1 aromatic carbocycles. The van der Waals surface area contributed by atoms with Gasteiger partial charge in [-0.05, 0) is 30.5 Å². The molecule has 1 N–H and O–H groups in total. The van der Waals surface area contributed by atoms with Crippen molar-refractivity contribution in [3.8, 4) is 0 Å². The Morgan fingerprint density at radius 1 is 1.19 bits per heavy atom. The van der Waals surface area contributed by atoms with Crippen LogP contribution in [0.15, 0.2) is 41.8 Å². The van der Waals surface area contributed by atoms with Gasteiger partial charge in [-0.25, -0.2) is 4.79 Å². The smallest absolute Gasteiger partial charge is 0.432 e. The van der Waals surface area contributed by atoms with Gasteiger partial charge in [-0.3, -0.25) is 4.79 Å². The van der Waals surface area contributed by atoms with Crippen LogP contribution in [-0.2, 0) is 15.1 Å². The maximum Gasteiger partial charge on any atom is 0.432 e. The van der Waals surface area contributed by atoms with E-state index in [0.717, 1.165) is 12.1 Å². The zero-order valence-electron chi connectivity index (χ0n) is 13.9. The molecule has 0 aliphatic carbocycles. The second kappa shape index (κ2) is 7.46. The molecule has 26 heavy (non-hydrogen) atoms. The van der Waals surface area contributed by atoms with E-state index in [1.807, 2.05) is 0 Å². The molecule has 0 fully saturated rings. The van der Waals surface area contributed by atoms with Crippen LogP contribution >= 0.6 is 11.3 Å². The van der Waals surface area contributed by atoms with E-state index in [9.17, 15) is 27.9 Å². The third kappa shape index (κ3) is 3.58. The predicted molar refractivity (Wildman–Crippen MR) is 90.1 cm³/mol. The first kappa shape index (κ1) is 19.9. The average molecular weight is 387 g/mol. The van der Waals surface area contributed by atoms with Crippen molar-refractivity contribution in [1.29, 1.82) is 0 Å². The Balaban J connectivity index is 2.34. The molecule has 2 rings (SSSR count). The standard InChI is InChI=1S/C17H16F3NO4S/c1-3-25-15(23)16(24,17(18,19)20)11-6-8-12(9-7-11)21(2)14(22)13-5-4-10-26-13/h4-10,24H,3H2,1-2H3/t16-/m1/s1. The van der Waals surface area contributed by atoms with E-state index in [1.165, 1.54) is 42.3 Å². The Kier molecular flexibility index (Phi) is 5.72. The Hall–Kier alpha value is -2.39. The van der Waals surface area contributed by atoms with Gasteiger partial charge in [0, 0.05) is 18.3 Å². The number of thiophene rings is 1. The van der Waals surface area contributed by atoms with Gasteiger partial charge in [0.25, 0.3) is 11.5 Å². The number of benzene rings is 1. The van der Waals surface area contributed by atoms with Crippen molar-refractivity contribution in [1.82, 2.24) is 0 Å². The van der Waals surface area contributed by atoms with Crippen LogP contribution in [0.1, 0.15) is 22.2 Å². The van der Waals surface area contributed by atoms with Gasteiger partial charge in [0.05, 0.1) is 11.5 Å². The number of amides is 1. The fourth-order valence-corrected chi connectivity index (χ4v) is 2.94. The molecule has 0 saturated carbocycles. The largest absolute Gasteiger partial charge is 0.463 e. The molecule has 1 amide bonds. The van der Waals surface area contributed by atoms with Crippen LogP contribution < -0.4 is 4.90 Å². The number of nitrogens with zero attached hydrogens (tertiary/aromatic N) is 1. The third-order valence-electron chi connectivity index (χ3n) is 3.69. The molecule has 0 unspecified atom stereocenters. The fraction of sp³-hybridized carbons (Fsp3) is 0.294. The molecular formula is C17H16F3NO4S. The van der Waals surface area contributed by atoms with Crippen molar-refractivity contribution in [2.75, 3.05) is 18.6 Å². The Morgan fingerprint density at radius 2 is 1.81 bits per heavy atom. The highest BCUT2D eigenvalue weighted by Gasteiger charge is 2.62. The maximum absolute atomic E-state index is 13.3. The van der Waals surface area contributed by atoms with E-state index in [4.69, 9.17) is 0 Å². The van der Waals surface area contributed by atoms with E-state index in [0.29, 0.717) is 10.6 Å². The first-order chi connectivity index (χ1) is 12.1. The molecule has 0 bridgehead atoms. The van der Waals surface area contributed by atoms with Gasteiger partial charge >= 0.3 is 12.1 Å². The topological polar surface area (TPSA) is 66.8 Å². The highest BCUT2D eigenvalue weighted by atomic mass is 32.1. The molecule has 0 saturated heterocycles. The molecule has 0 aliphatic heterocycles. The molecule has 2 aromatic rings. The lowest BCUT2D eigenvalue weighted by Gasteiger charge is -2.28. The summed E-state index contributed by atoms with van der Waals surface area (Å²) < 4.78 is 44.3. The number of alkyl halides is 3. The number of hydrogen-bond donors (Lipinski definition) is 1. The van der Waals surface area contributed by atoms with E-state index < -0.39 is 23.3 Å². The van der Waals surface area contributed by atoms with Crippen LogP contribution in [0, 0.1) is 0 Å². The van der Waals surface area contributed by atoms with Crippen LogP contribution in [0.2, 0.25) is 0 Å². The molecular weight excluding hydrogens is 371 g/mol. The molecule has 0 radical (unpaired) electrons. The first-order valence-electron chi connectivity index (χ1n) is 7.51. The number of aliphatic hydroxyl groups is 1. The number of hydrogen-bond acceptors (Lipinski definition) is 5. The van der Waals surface area contributed by atoms with Crippen molar-refractivity contribution >= 4 is 28.9 Å². The summed E-state index contributed by atoms with van der Waals surface area (Å²) in [5, 5.41) is 11.8. The molecule has 9 heteroatoms. The Bertz CT molecular complexity index is 774. The molecule has 140 valence electrons. The summed E-state index contributed by atoms with van der Waals surface area (Å²) >= 11 is 1.23. The number of carbonyl (C=O) groups is 2. The predicted octanol–water partition coefficient (Wildman–Crippen LogP) is 3.34. The van der Waals surface area contributed by atoms with Crippen LogP contribution in [0.5, 0.6) is 0 Å². The second-order valence-corrected chi connectivity index (χ2v) is 6.26. The monoisotopic (exact) mass is 387 g/mol.